The van der Waals surface area contributed by atoms with E-state index in [4.69, 9.17) is 16.6 Å². The van der Waals surface area contributed by atoms with Gasteiger partial charge in [0.15, 0.2) is 0 Å². The summed E-state index contributed by atoms with van der Waals surface area (Å²) in [5.41, 5.74) is 3.11. The number of hydrogen-bond acceptors (Lipinski definition) is 5. The zero-order valence-electron chi connectivity index (χ0n) is 17.8. The van der Waals surface area contributed by atoms with Crippen molar-refractivity contribution < 1.29 is 4.79 Å². The molecule has 1 amide bonds. The molecule has 32 heavy (non-hydrogen) atoms. The Morgan fingerprint density at radius 1 is 1.03 bits per heavy atom. The first-order valence-electron chi connectivity index (χ1n) is 11.3. The van der Waals surface area contributed by atoms with Crippen LogP contribution in [0, 0.1) is 0 Å². The zero-order chi connectivity index (χ0) is 21.7. The third kappa shape index (κ3) is 3.91. The highest BCUT2D eigenvalue weighted by Gasteiger charge is 2.31. The van der Waals surface area contributed by atoms with Crippen LogP contribution in [0.2, 0.25) is 5.02 Å². The van der Waals surface area contributed by atoms with Crippen molar-refractivity contribution in [3.05, 3.63) is 64.1 Å². The van der Waals surface area contributed by atoms with Gasteiger partial charge in [-0.25, -0.2) is 4.98 Å². The highest BCUT2D eigenvalue weighted by atomic mass is 35.5. The average molecular weight is 465 g/mol. The van der Waals surface area contributed by atoms with Crippen LogP contribution in [0.25, 0.3) is 10.4 Å². The van der Waals surface area contributed by atoms with Crippen LogP contribution in [0.3, 0.4) is 0 Å². The molecule has 5 nitrogen and oxygen atoms in total. The van der Waals surface area contributed by atoms with Gasteiger partial charge in [0.25, 0.3) is 5.91 Å². The smallest absolute Gasteiger partial charge is 0.268 e. The molecule has 1 aliphatic carbocycles. The first-order chi connectivity index (χ1) is 15.6. The second kappa shape index (κ2) is 8.18. The highest BCUT2D eigenvalue weighted by Crippen LogP contribution is 2.36. The predicted octanol–water partition coefficient (Wildman–Crippen LogP) is 5.00. The maximum Gasteiger partial charge on any atom is 0.268 e. The Morgan fingerprint density at radius 3 is 2.62 bits per heavy atom. The van der Waals surface area contributed by atoms with Crippen LogP contribution in [0.1, 0.15) is 34.5 Å². The predicted molar refractivity (Wildman–Crippen MR) is 131 cm³/mol. The van der Waals surface area contributed by atoms with Crippen molar-refractivity contribution in [3.8, 4) is 10.4 Å². The quantitative estimate of drug-likeness (QED) is 0.577. The second-order valence-corrected chi connectivity index (χ2v) is 10.4. The fraction of sp³-hybridized carbons (Fsp3) is 0.360. The number of nitrogens with one attached hydrogen (secondary N) is 1. The highest BCUT2D eigenvalue weighted by molar-refractivity contribution is 7.17. The summed E-state index contributed by atoms with van der Waals surface area (Å²) in [6, 6.07) is 15.4. The molecule has 2 aliphatic heterocycles. The molecule has 2 fully saturated rings. The minimum atomic E-state index is 0.0703. The van der Waals surface area contributed by atoms with E-state index in [1.165, 1.54) is 19.3 Å². The van der Waals surface area contributed by atoms with E-state index in [1.54, 1.807) is 11.3 Å². The van der Waals surface area contributed by atoms with Crippen molar-refractivity contribution in [2.45, 2.75) is 37.8 Å². The van der Waals surface area contributed by atoms with Crippen LogP contribution in [0.5, 0.6) is 0 Å². The zero-order valence-corrected chi connectivity index (χ0v) is 19.3. The van der Waals surface area contributed by atoms with E-state index < -0.39 is 0 Å². The number of anilines is 2. The van der Waals surface area contributed by atoms with Gasteiger partial charge in [-0.05, 0) is 67.1 Å². The SMILES string of the molecule is O=C1c2sc(-c3ccc(Cl)cc3)cc2CCN1c1ccc(N2CCC(NC3CC3)C2)nc1. The number of pyridine rings is 1. The number of carbonyl (C=O) groups excluding carboxylic acids is 1. The third-order valence-corrected chi connectivity index (χ3v) is 8.05. The van der Waals surface area contributed by atoms with Gasteiger partial charge in [-0.1, -0.05) is 23.7 Å². The third-order valence-electron chi connectivity index (χ3n) is 6.59. The molecule has 1 N–H and O–H groups in total. The second-order valence-electron chi connectivity index (χ2n) is 8.93. The first-order valence-corrected chi connectivity index (χ1v) is 12.5. The lowest BCUT2D eigenvalue weighted by Crippen LogP contribution is -2.36. The summed E-state index contributed by atoms with van der Waals surface area (Å²) >= 11 is 7.59. The van der Waals surface area contributed by atoms with Crippen LogP contribution in [-0.2, 0) is 6.42 Å². The van der Waals surface area contributed by atoms with Crippen LogP contribution < -0.4 is 15.1 Å². The number of benzene rings is 1. The van der Waals surface area contributed by atoms with E-state index in [0.29, 0.717) is 12.6 Å². The molecule has 0 radical (unpaired) electrons. The van der Waals surface area contributed by atoms with Crippen molar-refractivity contribution in [3.63, 3.8) is 0 Å². The molecule has 0 bridgehead atoms. The Kier molecular flexibility index (Phi) is 5.17. The summed E-state index contributed by atoms with van der Waals surface area (Å²) in [6.45, 7) is 2.73. The summed E-state index contributed by atoms with van der Waals surface area (Å²) < 4.78 is 0. The van der Waals surface area contributed by atoms with E-state index in [9.17, 15) is 4.79 Å². The molecule has 1 saturated carbocycles. The fourth-order valence-electron chi connectivity index (χ4n) is 4.67. The normalized spacial score (nSPS) is 20.7. The van der Waals surface area contributed by atoms with Crippen molar-refractivity contribution in [2.24, 2.45) is 0 Å². The largest absolute Gasteiger partial charge is 0.355 e. The van der Waals surface area contributed by atoms with E-state index in [0.717, 1.165) is 63.0 Å². The topological polar surface area (TPSA) is 48.5 Å². The van der Waals surface area contributed by atoms with Gasteiger partial charge in [0.1, 0.15) is 5.82 Å². The minimum absolute atomic E-state index is 0.0703. The fourth-order valence-corrected chi connectivity index (χ4v) is 5.96. The standard InChI is InChI=1S/C25H25ClN4OS/c26-18-3-1-16(2-4-18)22-13-17-9-12-30(25(31)24(17)32-22)21-7-8-23(27-14-21)29-11-10-20(15-29)28-19-5-6-19/h1-4,7-8,13-14,19-20,28H,5-6,9-12,15H2. The van der Waals surface area contributed by atoms with Crippen LogP contribution >= 0.6 is 22.9 Å². The summed E-state index contributed by atoms with van der Waals surface area (Å²) in [6.07, 6.45) is 6.52. The number of fused-ring (bicyclic) bond motifs is 1. The van der Waals surface area contributed by atoms with Crippen molar-refractivity contribution in [1.29, 1.82) is 0 Å². The number of rotatable bonds is 5. The van der Waals surface area contributed by atoms with Gasteiger partial charge >= 0.3 is 0 Å². The molecule has 6 rings (SSSR count). The van der Waals surface area contributed by atoms with Crippen molar-refractivity contribution in [1.82, 2.24) is 10.3 Å². The molecule has 1 aromatic carbocycles. The molecule has 0 spiro atoms. The Bertz CT molecular complexity index is 1140. The number of hydrogen-bond donors (Lipinski definition) is 1. The molecule has 164 valence electrons. The van der Waals surface area contributed by atoms with Crippen molar-refractivity contribution in [2.75, 3.05) is 29.4 Å². The van der Waals surface area contributed by atoms with Gasteiger partial charge in [0, 0.05) is 41.6 Å². The molecule has 4 heterocycles. The summed E-state index contributed by atoms with van der Waals surface area (Å²) in [4.78, 5) is 24.1. The van der Waals surface area contributed by atoms with Gasteiger partial charge in [-0.2, -0.15) is 0 Å². The van der Waals surface area contributed by atoms with Gasteiger partial charge in [0.05, 0.1) is 16.8 Å². The van der Waals surface area contributed by atoms with Crippen molar-refractivity contribution >= 4 is 40.4 Å². The number of nitrogens with zero attached hydrogens (tertiary/aromatic N) is 3. The summed E-state index contributed by atoms with van der Waals surface area (Å²) in [5, 5.41) is 4.44. The molecule has 3 aliphatic rings. The van der Waals surface area contributed by atoms with E-state index >= 15 is 0 Å². The van der Waals surface area contributed by atoms with Crippen LogP contribution in [0.15, 0.2) is 48.7 Å². The molecule has 1 atom stereocenters. The molecular formula is C25H25ClN4OS. The van der Waals surface area contributed by atoms with E-state index in [1.807, 2.05) is 41.4 Å². The first kappa shape index (κ1) is 20.2. The minimum Gasteiger partial charge on any atom is -0.355 e. The lowest BCUT2D eigenvalue weighted by Gasteiger charge is -2.27. The summed E-state index contributed by atoms with van der Waals surface area (Å²) in [5.74, 6) is 1.07. The molecule has 2 aromatic heterocycles. The lowest BCUT2D eigenvalue weighted by atomic mass is 10.1. The maximum atomic E-state index is 13.3. The van der Waals surface area contributed by atoms with E-state index in [-0.39, 0.29) is 5.91 Å². The Labute approximate surface area is 197 Å². The molecule has 7 heteroatoms. The number of carbonyl (C=O) groups is 1. The maximum absolute atomic E-state index is 13.3. The molecule has 1 saturated heterocycles. The Morgan fingerprint density at radius 2 is 1.88 bits per heavy atom. The monoisotopic (exact) mass is 464 g/mol. The Balaban J connectivity index is 1.17. The molecule has 3 aromatic rings. The van der Waals surface area contributed by atoms with Crippen LogP contribution in [-0.4, -0.2) is 42.6 Å². The molecular weight excluding hydrogens is 440 g/mol. The van der Waals surface area contributed by atoms with Gasteiger partial charge in [0.2, 0.25) is 0 Å². The number of amides is 1. The number of thiophene rings is 1. The van der Waals surface area contributed by atoms with Gasteiger partial charge < -0.3 is 15.1 Å². The average Bonchev–Trinajstić information content (AvgIpc) is 3.31. The number of halogens is 1. The lowest BCUT2D eigenvalue weighted by molar-refractivity contribution is 0.0985. The molecule has 1 unspecified atom stereocenters. The van der Waals surface area contributed by atoms with Gasteiger partial charge in [-0.15, -0.1) is 11.3 Å². The van der Waals surface area contributed by atoms with E-state index in [2.05, 4.69) is 22.3 Å². The van der Waals surface area contributed by atoms with Gasteiger partial charge in [-0.3, -0.25) is 4.79 Å². The summed E-state index contributed by atoms with van der Waals surface area (Å²) in [7, 11) is 0. The van der Waals surface area contributed by atoms with Crippen LogP contribution in [0.4, 0.5) is 11.5 Å². The Hall–Kier alpha value is -2.41. The number of aromatic nitrogens is 1.